The highest BCUT2D eigenvalue weighted by atomic mass is 16.5. The van der Waals surface area contributed by atoms with E-state index in [2.05, 4.69) is 5.32 Å². The maximum absolute atomic E-state index is 12.0. The number of hydrogen-bond acceptors (Lipinski definition) is 3. The fourth-order valence-electron chi connectivity index (χ4n) is 3.11. The Kier molecular flexibility index (Phi) is 3.48. The highest BCUT2D eigenvalue weighted by molar-refractivity contribution is 5.82. The first-order valence-electron chi connectivity index (χ1n) is 7.31. The van der Waals surface area contributed by atoms with E-state index in [1.165, 1.54) is 25.7 Å². The van der Waals surface area contributed by atoms with Crippen LogP contribution in [0.25, 0.3) is 0 Å². The van der Waals surface area contributed by atoms with E-state index in [0.717, 1.165) is 18.4 Å². The van der Waals surface area contributed by atoms with Crippen LogP contribution in [0.4, 0.5) is 0 Å². The monoisotopic (exact) mass is 267 g/mol. The molecule has 1 heterocycles. The predicted octanol–water partition coefficient (Wildman–Crippen LogP) is 1.17. The molecule has 1 saturated heterocycles. The van der Waals surface area contributed by atoms with Gasteiger partial charge in [-0.1, -0.05) is 0 Å². The molecule has 0 spiro atoms. The van der Waals surface area contributed by atoms with Crippen molar-refractivity contribution in [2.24, 2.45) is 17.8 Å². The van der Waals surface area contributed by atoms with Gasteiger partial charge in [0.25, 0.3) is 0 Å². The number of carbonyl (C=O) groups excluding carboxylic acids is 1. The van der Waals surface area contributed by atoms with Crippen molar-refractivity contribution in [2.45, 2.75) is 50.7 Å². The summed E-state index contributed by atoms with van der Waals surface area (Å²) in [5.41, 5.74) is 0. The molecular weight excluding hydrogens is 246 g/mol. The van der Waals surface area contributed by atoms with Crippen molar-refractivity contribution in [3.8, 4) is 0 Å². The van der Waals surface area contributed by atoms with Crippen LogP contribution in [0, 0.1) is 17.8 Å². The van der Waals surface area contributed by atoms with Crippen LogP contribution in [0.5, 0.6) is 0 Å². The number of amides is 1. The summed E-state index contributed by atoms with van der Waals surface area (Å²) in [7, 11) is 0. The second-order valence-corrected chi connectivity index (χ2v) is 6.11. The van der Waals surface area contributed by atoms with Gasteiger partial charge in [-0.15, -0.1) is 0 Å². The fourth-order valence-corrected chi connectivity index (χ4v) is 3.11. The maximum Gasteiger partial charge on any atom is 0.332 e. The number of rotatable bonds is 6. The molecule has 0 unspecified atom stereocenters. The van der Waals surface area contributed by atoms with Crippen LogP contribution in [0.2, 0.25) is 0 Å². The van der Waals surface area contributed by atoms with Crippen LogP contribution >= 0.6 is 0 Å². The van der Waals surface area contributed by atoms with Crippen LogP contribution < -0.4 is 5.32 Å². The van der Waals surface area contributed by atoms with E-state index in [4.69, 9.17) is 9.84 Å². The Balaban J connectivity index is 1.44. The summed E-state index contributed by atoms with van der Waals surface area (Å²) in [5.74, 6) is 1.16. The molecule has 3 rings (SSSR count). The molecule has 3 fully saturated rings. The van der Waals surface area contributed by atoms with Crippen molar-refractivity contribution >= 4 is 11.9 Å². The average molecular weight is 267 g/mol. The third-order valence-corrected chi connectivity index (χ3v) is 4.55. The van der Waals surface area contributed by atoms with Gasteiger partial charge in [0.15, 0.2) is 6.10 Å². The highest BCUT2D eigenvalue weighted by Gasteiger charge is 2.42. The molecule has 0 radical (unpaired) electrons. The van der Waals surface area contributed by atoms with E-state index in [9.17, 15) is 9.59 Å². The van der Waals surface area contributed by atoms with Gasteiger partial charge < -0.3 is 15.2 Å². The molecule has 2 atom stereocenters. The lowest BCUT2D eigenvalue weighted by molar-refractivity contribution is -0.151. The predicted molar refractivity (Wildman–Crippen MR) is 67.5 cm³/mol. The first-order valence-corrected chi connectivity index (χ1v) is 7.31. The lowest BCUT2D eigenvalue weighted by atomic mass is 9.98. The van der Waals surface area contributed by atoms with E-state index in [-0.39, 0.29) is 5.91 Å². The summed E-state index contributed by atoms with van der Waals surface area (Å²) in [6.45, 7) is 0.742. The molecule has 0 aromatic rings. The second-order valence-electron chi connectivity index (χ2n) is 6.11. The molecule has 1 amide bonds. The number of nitrogens with one attached hydrogen (secondary N) is 1. The fraction of sp³-hybridized carbons (Fsp3) is 0.857. The maximum atomic E-state index is 12.0. The lowest BCUT2D eigenvalue weighted by Gasteiger charge is -2.18. The molecule has 0 bridgehead atoms. The molecule has 3 aliphatic rings. The first kappa shape index (κ1) is 12.9. The zero-order chi connectivity index (χ0) is 13.4. The molecule has 19 heavy (non-hydrogen) atoms. The van der Waals surface area contributed by atoms with Gasteiger partial charge in [-0.2, -0.15) is 0 Å². The summed E-state index contributed by atoms with van der Waals surface area (Å²) in [6, 6.07) is 0. The van der Waals surface area contributed by atoms with Crippen molar-refractivity contribution in [1.82, 2.24) is 5.32 Å². The van der Waals surface area contributed by atoms with E-state index in [1.807, 2.05) is 0 Å². The van der Waals surface area contributed by atoms with Crippen molar-refractivity contribution in [2.75, 3.05) is 6.54 Å². The topological polar surface area (TPSA) is 75.6 Å². The van der Waals surface area contributed by atoms with Crippen LogP contribution in [0.3, 0.4) is 0 Å². The molecule has 0 aromatic carbocycles. The van der Waals surface area contributed by atoms with Gasteiger partial charge in [-0.3, -0.25) is 4.79 Å². The molecule has 0 aromatic heterocycles. The molecule has 1 aliphatic heterocycles. The first-order chi connectivity index (χ1) is 9.15. The van der Waals surface area contributed by atoms with E-state index in [1.54, 1.807) is 0 Å². The van der Waals surface area contributed by atoms with Crippen molar-refractivity contribution in [3.63, 3.8) is 0 Å². The highest BCUT2D eigenvalue weighted by Crippen LogP contribution is 2.48. The molecule has 2 aliphatic carbocycles. The van der Waals surface area contributed by atoms with Gasteiger partial charge in [0.1, 0.15) is 6.10 Å². The smallest absolute Gasteiger partial charge is 0.332 e. The lowest BCUT2D eigenvalue weighted by Crippen LogP contribution is -2.39. The van der Waals surface area contributed by atoms with Crippen molar-refractivity contribution in [1.29, 1.82) is 0 Å². The Morgan fingerprint density at radius 2 is 1.63 bits per heavy atom. The Labute approximate surface area is 112 Å². The van der Waals surface area contributed by atoms with Gasteiger partial charge in [0.2, 0.25) is 5.91 Å². The van der Waals surface area contributed by atoms with E-state index < -0.39 is 18.2 Å². The minimum Gasteiger partial charge on any atom is -0.479 e. The molecule has 5 nitrogen and oxygen atoms in total. The quantitative estimate of drug-likeness (QED) is 0.757. The summed E-state index contributed by atoms with van der Waals surface area (Å²) >= 11 is 0. The van der Waals surface area contributed by atoms with Crippen LogP contribution in [0.15, 0.2) is 0 Å². The molecule has 2 N–H and O–H groups in total. The Bertz CT molecular complexity index is 364. The van der Waals surface area contributed by atoms with Gasteiger partial charge in [-0.25, -0.2) is 4.79 Å². The Morgan fingerprint density at radius 3 is 2.11 bits per heavy atom. The summed E-state index contributed by atoms with van der Waals surface area (Å²) < 4.78 is 5.26. The van der Waals surface area contributed by atoms with Gasteiger partial charge in [-0.05, 0) is 56.3 Å². The molecular formula is C14H21NO4. The molecule has 2 saturated carbocycles. The number of ether oxygens (including phenoxy) is 1. The number of carboxylic acids is 1. The minimum atomic E-state index is -0.968. The molecule has 106 valence electrons. The SMILES string of the molecule is O=C(NCC(C1CC1)C1CC1)[C@@H]1CC[C@H](C(=O)O)O1. The Hall–Kier alpha value is -1.10. The van der Waals surface area contributed by atoms with E-state index >= 15 is 0 Å². The van der Waals surface area contributed by atoms with Crippen molar-refractivity contribution < 1.29 is 19.4 Å². The second kappa shape index (κ2) is 5.12. The van der Waals surface area contributed by atoms with Crippen LogP contribution in [-0.4, -0.2) is 35.7 Å². The zero-order valence-corrected chi connectivity index (χ0v) is 11.0. The Morgan fingerprint density at radius 1 is 1.05 bits per heavy atom. The standard InChI is InChI=1S/C14H21NO4/c16-13(11-5-6-12(19-11)14(17)18)15-7-10(8-1-2-8)9-3-4-9/h8-12H,1-7H2,(H,15,16)(H,17,18)/t11-,12+/m0/s1. The van der Waals surface area contributed by atoms with E-state index in [0.29, 0.717) is 18.8 Å². The largest absolute Gasteiger partial charge is 0.479 e. The van der Waals surface area contributed by atoms with Crippen LogP contribution in [-0.2, 0) is 14.3 Å². The summed E-state index contributed by atoms with van der Waals surface area (Å²) in [5, 5.41) is 11.8. The normalized spacial score (nSPS) is 30.6. The average Bonchev–Trinajstić information content (AvgIpc) is 3.30. The minimum absolute atomic E-state index is 0.130. The third kappa shape index (κ3) is 3.08. The number of carboxylic acid groups (broad SMARTS) is 1. The number of hydrogen-bond donors (Lipinski definition) is 2. The number of aliphatic carboxylic acids is 1. The zero-order valence-electron chi connectivity index (χ0n) is 11.0. The third-order valence-electron chi connectivity index (χ3n) is 4.55. The van der Waals surface area contributed by atoms with Crippen LogP contribution in [0.1, 0.15) is 38.5 Å². The van der Waals surface area contributed by atoms with Crippen molar-refractivity contribution in [3.05, 3.63) is 0 Å². The van der Waals surface area contributed by atoms with Gasteiger partial charge >= 0.3 is 5.97 Å². The van der Waals surface area contributed by atoms with Gasteiger partial charge in [0, 0.05) is 6.54 Å². The van der Waals surface area contributed by atoms with Gasteiger partial charge in [0.05, 0.1) is 0 Å². The molecule has 5 heteroatoms. The summed E-state index contributed by atoms with van der Waals surface area (Å²) in [4.78, 5) is 22.7. The number of carbonyl (C=O) groups is 2. The summed E-state index contributed by atoms with van der Waals surface area (Å²) in [6.07, 6.45) is 4.79.